The third-order valence-corrected chi connectivity index (χ3v) is 4.32. The monoisotopic (exact) mass is 301 g/mol. The van der Waals surface area contributed by atoms with Crippen LogP contribution in [0.4, 0.5) is 0 Å². The minimum absolute atomic E-state index is 0.309. The van der Waals surface area contributed by atoms with Gasteiger partial charge < -0.3 is 15.0 Å². The summed E-state index contributed by atoms with van der Waals surface area (Å²) in [6.07, 6.45) is 2.18. The van der Waals surface area contributed by atoms with Gasteiger partial charge in [0.1, 0.15) is 0 Å². The predicted octanol–water partition coefficient (Wildman–Crippen LogP) is 2.33. The highest BCUT2D eigenvalue weighted by Gasteiger charge is 2.16. The zero-order valence-corrected chi connectivity index (χ0v) is 13.2. The number of aromatic carboxylic acids is 1. The van der Waals surface area contributed by atoms with Gasteiger partial charge in [0.2, 0.25) is 0 Å². The summed E-state index contributed by atoms with van der Waals surface area (Å²) in [5, 5.41) is 13.8. The molecule has 1 saturated heterocycles. The first kappa shape index (κ1) is 15.1. The number of nitrogens with one attached hydrogen (secondary N) is 1. The molecular weight excluding hydrogens is 278 g/mol. The molecular formula is C17H23N3O2. The molecule has 0 saturated carbocycles. The fourth-order valence-corrected chi connectivity index (χ4v) is 3.12. The van der Waals surface area contributed by atoms with E-state index in [9.17, 15) is 9.90 Å². The lowest BCUT2D eigenvalue weighted by Gasteiger charge is -2.26. The molecule has 0 aliphatic carbocycles. The smallest absolute Gasteiger partial charge is 0.335 e. The van der Waals surface area contributed by atoms with E-state index in [1.807, 2.05) is 6.07 Å². The topological polar surface area (TPSA) is 57.5 Å². The summed E-state index contributed by atoms with van der Waals surface area (Å²) >= 11 is 0. The molecule has 2 heterocycles. The van der Waals surface area contributed by atoms with Gasteiger partial charge in [-0.15, -0.1) is 0 Å². The van der Waals surface area contributed by atoms with Crippen LogP contribution in [0.2, 0.25) is 0 Å². The van der Waals surface area contributed by atoms with Crippen molar-refractivity contribution in [2.75, 3.05) is 26.2 Å². The van der Waals surface area contributed by atoms with Gasteiger partial charge in [-0.3, -0.25) is 4.90 Å². The lowest BCUT2D eigenvalue weighted by molar-refractivity contribution is 0.0697. The fraction of sp³-hybridized carbons (Fsp3) is 0.471. The number of piperazine rings is 1. The minimum Gasteiger partial charge on any atom is -0.478 e. The molecule has 3 rings (SSSR count). The van der Waals surface area contributed by atoms with Crippen molar-refractivity contribution in [1.82, 2.24) is 14.8 Å². The second kappa shape index (κ2) is 6.10. The van der Waals surface area contributed by atoms with Gasteiger partial charge in [0, 0.05) is 55.9 Å². The molecule has 0 unspecified atom stereocenters. The van der Waals surface area contributed by atoms with E-state index in [1.54, 1.807) is 12.1 Å². The summed E-state index contributed by atoms with van der Waals surface area (Å²) < 4.78 is 2.18. The fourth-order valence-electron chi connectivity index (χ4n) is 3.12. The molecule has 0 atom stereocenters. The number of hydrogen-bond donors (Lipinski definition) is 2. The lowest BCUT2D eigenvalue weighted by Crippen LogP contribution is -2.42. The van der Waals surface area contributed by atoms with Gasteiger partial charge in [0.05, 0.1) is 5.56 Å². The first-order valence-electron chi connectivity index (χ1n) is 7.86. The Morgan fingerprint density at radius 2 is 2.05 bits per heavy atom. The van der Waals surface area contributed by atoms with Gasteiger partial charge in [-0.1, -0.05) is 6.07 Å². The number of carboxylic acids is 1. The summed E-state index contributed by atoms with van der Waals surface area (Å²) in [5.41, 5.74) is 2.64. The van der Waals surface area contributed by atoms with Crippen molar-refractivity contribution in [3.8, 4) is 0 Å². The number of rotatable bonds is 4. The Morgan fingerprint density at radius 3 is 2.68 bits per heavy atom. The summed E-state index contributed by atoms with van der Waals surface area (Å²) in [7, 11) is 0. The van der Waals surface area contributed by atoms with Gasteiger partial charge in [0.25, 0.3) is 0 Å². The Kier molecular flexibility index (Phi) is 4.18. The van der Waals surface area contributed by atoms with Crippen LogP contribution >= 0.6 is 0 Å². The molecule has 5 nitrogen and oxygen atoms in total. The standard InChI is InChI=1S/C17H23N3O2/c1-12(2)20-11-14(10-19-7-5-18-6-8-19)15-4-3-13(17(21)22)9-16(15)20/h3-4,9,11-12,18H,5-8,10H2,1-2H3,(H,21,22). The van der Waals surface area contributed by atoms with Crippen molar-refractivity contribution in [2.24, 2.45) is 0 Å². The number of nitrogens with zero attached hydrogens (tertiary/aromatic N) is 2. The number of benzene rings is 1. The van der Waals surface area contributed by atoms with Crippen LogP contribution in [-0.4, -0.2) is 46.7 Å². The minimum atomic E-state index is -0.873. The van der Waals surface area contributed by atoms with Crippen LogP contribution in [0.3, 0.4) is 0 Å². The first-order valence-corrected chi connectivity index (χ1v) is 7.86. The zero-order valence-electron chi connectivity index (χ0n) is 13.2. The summed E-state index contributed by atoms with van der Waals surface area (Å²) in [4.78, 5) is 13.7. The van der Waals surface area contributed by atoms with E-state index in [-0.39, 0.29) is 0 Å². The quantitative estimate of drug-likeness (QED) is 0.910. The number of carbonyl (C=O) groups is 1. The first-order chi connectivity index (χ1) is 10.6. The lowest BCUT2D eigenvalue weighted by atomic mass is 10.1. The van der Waals surface area contributed by atoms with Crippen molar-refractivity contribution in [3.05, 3.63) is 35.5 Å². The van der Waals surface area contributed by atoms with Crippen LogP contribution < -0.4 is 5.32 Å². The highest BCUT2D eigenvalue weighted by Crippen LogP contribution is 2.27. The van der Waals surface area contributed by atoms with Crippen molar-refractivity contribution >= 4 is 16.9 Å². The normalized spacial score (nSPS) is 16.5. The maximum absolute atomic E-state index is 11.2. The van der Waals surface area contributed by atoms with Crippen LogP contribution in [0, 0.1) is 0 Å². The second-order valence-electron chi connectivity index (χ2n) is 6.22. The molecule has 1 aromatic carbocycles. The van der Waals surface area contributed by atoms with Crippen molar-refractivity contribution in [1.29, 1.82) is 0 Å². The summed E-state index contributed by atoms with van der Waals surface area (Å²) in [6, 6.07) is 5.76. The molecule has 2 aromatic rings. The zero-order chi connectivity index (χ0) is 15.7. The molecule has 0 radical (unpaired) electrons. The predicted molar refractivity (Wildman–Crippen MR) is 87.4 cm³/mol. The van der Waals surface area contributed by atoms with Gasteiger partial charge in [-0.2, -0.15) is 0 Å². The van der Waals surface area contributed by atoms with Crippen LogP contribution in [0.15, 0.2) is 24.4 Å². The Balaban J connectivity index is 2.00. The van der Waals surface area contributed by atoms with Gasteiger partial charge in [0.15, 0.2) is 0 Å². The van der Waals surface area contributed by atoms with Crippen LogP contribution in [0.25, 0.3) is 10.9 Å². The molecule has 0 bridgehead atoms. The largest absolute Gasteiger partial charge is 0.478 e. The summed E-state index contributed by atoms with van der Waals surface area (Å²) in [5.74, 6) is -0.873. The molecule has 2 N–H and O–H groups in total. The molecule has 1 aliphatic heterocycles. The number of carboxylic acid groups (broad SMARTS) is 1. The molecule has 1 aromatic heterocycles. The molecule has 0 spiro atoms. The number of fused-ring (bicyclic) bond motifs is 1. The van der Waals surface area contributed by atoms with Gasteiger partial charge >= 0.3 is 5.97 Å². The van der Waals surface area contributed by atoms with E-state index in [2.05, 4.69) is 34.8 Å². The highest BCUT2D eigenvalue weighted by molar-refractivity contribution is 5.94. The Morgan fingerprint density at radius 1 is 1.32 bits per heavy atom. The van der Waals surface area contributed by atoms with Crippen molar-refractivity contribution in [3.63, 3.8) is 0 Å². The number of hydrogen-bond acceptors (Lipinski definition) is 3. The maximum atomic E-state index is 11.2. The van der Waals surface area contributed by atoms with Crippen LogP contribution in [-0.2, 0) is 6.54 Å². The Bertz CT molecular complexity index is 685. The average Bonchev–Trinajstić information content (AvgIpc) is 2.86. The number of aromatic nitrogens is 1. The van der Waals surface area contributed by atoms with Gasteiger partial charge in [-0.05, 0) is 31.5 Å². The molecule has 22 heavy (non-hydrogen) atoms. The highest BCUT2D eigenvalue weighted by atomic mass is 16.4. The maximum Gasteiger partial charge on any atom is 0.335 e. The van der Waals surface area contributed by atoms with Crippen molar-refractivity contribution < 1.29 is 9.90 Å². The van der Waals surface area contributed by atoms with Crippen LogP contribution in [0.1, 0.15) is 35.8 Å². The van der Waals surface area contributed by atoms with E-state index >= 15 is 0 Å². The molecule has 5 heteroatoms. The Hall–Kier alpha value is -1.85. The Labute approximate surface area is 130 Å². The molecule has 1 fully saturated rings. The second-order valence-corrected chi connectivity index (χ2v) is 6.22. The van der Waals surface area contributed by atoms with Gasteiger partial charge in [-0.25, -0.2) is 4.79 Å². The third kappa shape index (κ3) is 2.87. The summed E-state index contributed by atoms with van der Waals surface area (Å²) in [6.45, 7) is 9.36. The van der Waals surface area contributed by atoms with E-state index < -0.39 is 5.97 Å². The average molecular weight is 301 g/mol. The molecule has 1 aliphatic rings. The SMILES string of the molecule is CC(C)n1cc(CN2CCNCC2)c2ccc(C(=O)O)cc21. The third-order valence-electron chi connectivity index (χ3n) is 4.32. The van der Waals surface area contributed by atoms with E-state index in [0.717, 1.165) is 43.6 Å². The van der Waals surface area contributed by atoms with E-state index in [0.29, 0.717) is 11.6 Å². The molecule has 0 amide bonds. The van der Waals surface area contributed by atoms with E-state index in [1.165, 1.54) is 5.56 Å². The van der Waals surface area contributed by atoms with Crippen molar-refractivity contribution in [2.45, 2.75) is 26.4 Å². The van der Waals surface area contributed by atoms with E-state index in [4.69, 9.17) is 0 Å². The van der Waals surface area contributed by atoms with Crippen LogP contribution in [0.5, 0.6) is 0 Å². The molecule has 118 valence electrons.